The number of hydrogen-bond acceptors (Lipinski definition) is 0. The molecular formula is C12H22I-. The summed E-state index contributed by atoms with van der Waals surface area (Å²) in [6, 6.07) is 0. The van der Waals surface area contributed by atoms with Gasteiger partial charge in [-0.2, -0.15) is 0 Å². The first-order valence-corrected chi connectivity index (χ1v) is 8.56. The molecule has 2 saturated carbocycles. The van der Waals surface area contributed by atoms with Crippen molar-refractivity contribution >= 4 is 0 Å². The van der Waals surface area contributed by atoms with Crippen LogP contribution in [0, 0.1) is 0 Å². The summed E-state index contributed by atoms with van der Waals surface area (Å²) in [6.45, 7) is 0. The molecule has 0 unspecified atom stereocenters. The zero-order valence-electron chi connectivity index (χ0n) is 8.60. The molecule has 78 valence electrons. The number of alkyl halides is 2. The zero-order chi connectivity index (χ0) is 8.93. The van der Waals surface area contributed by atoms with E-state index >= 15 is 0 Å². The molecule has 0 atom stereocenters. The van der Waals surface area contributed by atoms with E-state index < -0.39 is 0 Å². The van der Waals surface area contributed by atoms with Gasteiger partial charge in [0.15, 0.2) is 0 Å². The van der Waals surface area contributed by atoms with Crippen molar-refractivity contribution in [2.75, 3.05) is 0 Å². The Bertz CT molecular complexity index is 116. The standard InChI is InChI=1S/C12H22I/c1-3-7-11(8-4-1)13-12-9-5-2-6-10-12/h11-12H,1-10H2/q-1. The zero-order valence-corrected chi connectivity index (χ0v) is 10.8. The summed E-state index contributed by atoms with van der Waals surface area (Å²) in [6.07, 6.45) is 15.7. The Morgan fingerprint density at radius 3 is 1.31 bits per heavy atom. The number of rotatable bonds is 2. The fourth-order valence-corrected chi connectivity index (χ4v) is 7.25. The van der Waals surface area contributed by atoms with E-state index in [0.717, 1.165) is 0 Å². The maximum atomic E-state index is 1.60. The molecule has 2 fully saturated rings. The second kappa shape index (κ2) is 5.57. The van der Waals surface area contributed by atoms with Crippen molar-refractivity contribution in [3.8, 4) is 0 Å². The molecule has 0 radical (unpaired) electrons. The molecule has 0 heterocycles. The molecule has 2 aliphatic carbocycles. The van der Waals surface area contributed by atoms with Crippen LogP contribution >= 0.6 is 0 Å². The molecule has 1 heteroatoms. The van der Waals surface area contributed by atoms with Gasteiger partial charge in [-0.25, -0.2) is 0 Å². The summed E-state index contributed by atoms with van der Waals surface area (Å²) in [5.41, 5.74) is 0. The molecule has 2 rings (SSSR count). The van der Waals surface area contributed by atoms with Crippen LogP contribution in [0.5, 0.6) is 0 Å². The van der Waals surface area contributed by atoms with Crippen LogP contribution in [0.2, 0.25) is 0 Å². The van der Waals surface area contributed by atoms with E-state index in [0.29, 0.717) is 21.2 Å². The van der Waals surface area contributed by atoms with Crippen LogP contribution in [0.15, 0.2) is 0 Å². The summed E-state index contributed by atoms with van der Waals surface area (Å²) in [5, 5.41) is 0. The molecule has 0 nitrogen and oxygen atoms in total. The van der Waals surface area contributed by atoms with Gasteiger partial charge in [-0.3, -0.25) is 0 Å². The molecule has 0 aromatic carbocycles. The van der Waals surface area contributed by atoms with E-state index in [2.05, 4.69) is 0 Å². The van der Waals surface area contributed by atoms with Crippen molar-refractivity contribution < 1.29 is 21.2 Å². The Morgan fingerprint density at radius 1 is 0.538 bits per heavy atom. The van der Waals surface area contributed by atoms with Gasteiger partial charge in [0.05, 0.1) is 0 Å². The normalized spacial score (nSPS) is 28.0. The van der Waals surface area contributed by atoms with Crippen molar-refractivity contribution in [3.63, 3.8) is 0 Å². The SMILES string of the molecule is C1CCC([I-]C2CCCCC2)CC1. The van der Waals surface area contributed by atoms with Crippen molar-refractivity contribution in [2.45, 2.75) is 72.1 Å². The van der Waals surface area contributed by atoms with Gasteiger partial charge in [0.1, 0.15) is 0 Å². The van der Waals surface area contributed by atoms with E-state index in [1.54, 1.807) is 51.4 Å². The predicted octanol–water partition coefficient (Wildman–Crippen LogP) is 0.741. The molecule has 0 spiro atoms. The average Bonchev–Trinajstić information content (AvgIpc) is 2.21. The second-order valence-electron chi connectivity index (χ2n) is 4.60. The third-order valence-corrected chi connectivity index (χ3v) is 7.95. The molecule has 0 N–H and O–H groups in total. The fourth-order valence-electron chi connectivity index (χ4n) is 2.61. The van der Waals surface area contributed by atoms with Crippen LogP contribution in [0.1, 0.15) is 64.2 Å². The average molecular weight is 293 g/mol. The van der Waals surface area contributed by atoms with Crippen LogP contribution in [0.4, 0.5) is 0 Å². The van der Waals surface area contributed by atoms with Crippen LogP contribution in [0.3, 0.4) is 0 Å². The summed E-state index contributed by atoms with van der Waals surface area (Å²) in [5.74, 6) is 0. The Hall–Kier alpha value is 0.730. The van der Waals surface area contributed by atoms with Gasteiger partial charge in [0.25, 0.3) is 0 Å². The van der Waals surface area contributed by atoms with E-state index in [9.17, 15) is 0 Å². The van der Waals surface area contributed by atoms with Gasteiger partial charge in [-0.15, -0.1) is 0 Å². The summed E-state index contributed by atoms with van der Waals surface area (Å²) < 4.78 is 2.46. The molecule has 0 amide bonds. The van der Waals surface area contributed by atoms with Gasteiger partial charge in [-0.05, 0) is 0 Å². The molecule has 13 heavy (non-hydrogen) atoms. The van der Waals surface area contributed by atoms with Gasteiger partial charge in [-0.1, -0.05) is 0 Å². The third-order valence-electron chi connectivity index (χ3n) is 3.43. The maximum absolute atomic E-state index is 1.60. The Morgan fingerprint density at radius 2 is 0.923 bits per heavy atom. The Labute approximate surface area is 93.1 Å². The van der Waals surface area contributed by atoms with E-state index in [-0.39, 0.29) is 0 Å². The minimum absolute atomic E-state index is 0.583. The van der Waals surface area contributed by atoms with E-state index in [4.69, 9.17) is 0 Å². The van der Waals surface area contributed by atoms with Crippen LogP contribution in [-0.4, -0.2) is 7.85 Å². The molecule has 0 bridgehead atoms. The first-order chi connectivity index (χ1) is 6.45. The molecule has 2 aliphatic rings. The molecule has 0 saturated heterocycles. The number of halogens is 1. The molecular weight excluding hydrogens is 271 g/mol. The monoisotopic (exact) mass is 293 g/mol. The fraction of sp³-hybridized carbons (Fsp3) is 1.00. The topological polar surface area (TPSA) is 0 Å². The Kier molecular flexibility index (Phi) is 4.40. The van der Waals surface area contributed by atoms with Gasteiger partial charge >= 0.3 is 93.3 Å². The van der Waals surface area contributed by atoms with Crippen LogP contribution in [0.25, 0.3) is 0 Å². The predicted molar refractivity (Wildman–Crippen MR) is 53.7 cm³/mol. The van der Waals surface area contributed by atoms with Crippen molar-refractivity contribution in [3.05, 3.63) is 0 Å². The van der Waals surface area contributed by atoms with Gasteiger partial charge in [0.2, 0.25) is 0 Å². The van der Waals surface area contributed by atoms with Crippen molar-refractivity contribution in [1.82, 2.24) is 0 Å². The quantitative estimate of drug-likeness (QED) is 0.520. The summed E-state index contributed by atoms with van der Waals surface area (Å²) >= 11 is 0.583. The second-order valence-corrected chi connectivity index (χ2v) is 8.84. The van der Waals surface area contributed by atoms with Crippen LogP contribution < -0.4 is 21.2 Å². The first-order valence-electron chi connectivity index (χ1n) is 6.07. The van der Waals surface area contributed by atoms with Gasteiger partial charge < -0.3 is 0 Å². The van der Waals surface area contributed by atoms with E-state index in [1.165, 1.54) is 20.7 Å². The summed E-state index contributed by atoms with van der Waals surface area (Å²) in [7, 11) is 0. The molecule has 0 aliphatic heterocycles. The summed E-state index contributed by atoms with van der Waals surface area (Å²) in [4.78, 5) is 0. The van der Waals surface area contributed by atoms with Gasteiger partial charge in [0, 0.05) is 0 Å². The van der Waals surface area contributed by atoms with Crippen molar-refractivity contribution in [2.24, 2.45) is 0 Å². The van der Waals surface area contributed by atoms with Crippen molar-refractivity contribution in [1.29, 1.82) is 0 Å². The third kappa shape index (κ3) is 3.41. The first kappa shape index (κ1) is 10.3. The Balaban J connectivity index is 1.69. The molecule has 0 aromatic heterocycles. The van der Waals surface area contributed by atoms with Crippen LogP contribution in [-0.2, 0) is 0 Å². The van der Waals surface area contributed by atoms with E-state index in [1.807, 2.05) is 0 Å². The molecule has 0 aromatic rings. The number of hydrogen-bond donors (Lipinski definition) is 0. The minimum atomic E-state index is 0.583.